The van der Waals surface area contributed by atoms with Crippen LogP contribution in [0.3, 0.4) is 0 Å². The topological polar surface area (TPSA) is 65.0 Å². The number of anilines is 1. The number of amides is 1. The van der Waals surface area contributed by atoms with Gasteiger partial charge in [0.15, 0.2) is 0 Å². The molecule has 6 heteroatoms. The molecule has 138 valence electrons. The van der Waals surface area contributed by atoms with Crippen LogP contribution >= 0.6 is 0 Å². The average molecular weight is 347 g/mol. The van der Waals surface area contributed by atoms with Gasteiger partial charge in [-0.1, -0.05) is 18.2 Å². The summed E-state index contributed by atoms with van der Waals surface area (Å²) in [6, 6.07) is 9.61. The number of carbonyl (C=O) groups is 1. The molecule has 2 fully saturated rings. The zero-order chi connectivity index (χ0) is 17.5. The van der Waals surface area contributed by atoms with Gasteiger partial charge in [-0.15, -0.1) is 0 Å². The zero-order valence-corrected chi connectivity index (χ0v) is 14.8. The monoisotopic (exact) mass is 347 g/mol. The van der Waals surface area contributed by atoms with Crippen LogP contribution in [-0.2, 0) is 9.53 Å². The van der Waals surface area contributed by atoms with Crippen LogP contribution in [-0.4, -0.2) is 79.4 Å². The number of benzene rings is 1. The molecule has 2 aliphatic heterocycles. The van der Waals surface area contributed by atoms with Gasteiger partial charge in [0.2, 0.25) is 5.91 Å². The Morgan fingerprint density at radius 3 is 2.32 bits per heavy atom. The third-order valence-corrected chi connectivity index (χ3v) is 5.04. The van der Waals surface area contributed by atoms with E-state index in [0.717, 1.165) is 57.9 Å². The van der Waals surface area contributed by atoms with Crippen molar-refractivity contribution in [3.05, 3.63) is 30.3 Å². The van der Waals surface area contributed by atoms with E-state index in [1.165, 1.54) is 0 Å². The molecule has 2 N–H and O–H groups in total. The molecule has 1 amide bonds. The third-order valence-electron chi connectivity index (χ3n) is 5.04. The van der Waals surface area contributed by atoms with Gasteiger partial charge >= 0.3 is 0 Å². The molecule has 0 bridgehead atoms. The van der Waals surface area contributed by atoms with Crippen molar-refractivity contribution in [1.29, 1.82) is 0 Å². The van der Waals surface area contributed by atoms with E-state index >= 15 is 0 Å². The third kappa shape index (κ3) is 5.78. The van der Waals surface area contributed by atoms with Gasteiger partial charge in [-0.05, 0) is 38.1 Å². The maximum Gasteiger partial charge on any atom is 0.227 e. The second-order valence-corrected chi connectivity index (χ2v) is 7.00. The number of likely N-dealkylation sites (tertiary alicyclic amines) is 1. The molecule has 3 rings (SSSR count). The Morgan fingerprint density at radius 1 is 1.08 bits per heavy atom. The summed E-state index contributed by atoms with van der Waals surface area (Å²) in [7, 11) is 0. The Kier molecular flexibility index (Phi) is 6.81. The minimum Gasteiger partial charge on any atom is -0.390 e. The Labute approximate surface area is 149 Å². The normalized spacial score (nSPS) is 21.8. The number of aliphatic hydroxyl groups is 1. The smallest absolute Gasteiger partial charge is 0.227 e. The second-order valence-electron chi connectivity index (χ2n) is 7.00. The predicted octanol–water partition coefficient (Wildman–Crippen LogP) is 1.03. The molecule has 2 heterocycles. The van der Waals surface area contributed by atoms with Crippen molar-refractivity contribution in [1.82, 2.24) is 9.80 Å². The van der Waals surface area contributed by atoms with Gasteiger partial charge in [-0.2, -0.15) is 0 Å². The zero-order valence-electron chi connectivity index (χ0n) is 14.8. The molecule has 6 nitrogen and oxygen atoms in total. The predicted molar refractivity (Wildman–Crippen MR) is 97.5 cm³/mol. The van der Waals surface area contributed by atoms with Crippen LogP contribution in [0.25, 0.3) is 0 Å². The van der Waals surface area contributed by atoms with Crippen LogP contribution in [0.1, 0.15) is 12.8 Å². The number of hydrogen-bond donors (Lipinski definition) is 2. The maximum absolute atomic E-state index is 12.4. The van der Waals surface area contributed by atoms with Gasteiger partial charge in [0.25, 0.3) is 0 Å². The minimum atomic E-state index is -0.340. The Morgan fingerprint density at radius 2 is 1.68 bits per heavy atom. The van der Waals surface area contributed by atoms with Crippen molar-refractivity contribution in [2.24, 2.45) is 5.92 Å². The van der Waals surface area contributed by atoms with Crippen molar-refractivity contribution in [2.45, 2.75) is 18.9 Å². The number of β-amino-alcohol motifs (C(OH)–C–C–N with tert-alkyl or cyclic N) is 1. The number of ether oxygens (including phenoxy) is 1. The molecule has 0 aliphatic carbocycles. The first kappa shape index (κ1) is 18.3. The number of nitrogens with one attached hydrogen (secondary N) is 1. The van der Waals surface area contributed by atoms with Crippen LogP contribution < -0.4 is 5.32 Å². The molecule has 1 atom stereocenters. The molecule has 0 spiro atoms. The van der Waals surface area contributed by atoms with Crippen LogP contribution in [0.2, 0.25) is 0 Å². The van der Waals surface area contributed by atoms with Crippen molar-refractivity contribution >= 4 is 11.6 Å². The first-order chi connectivity index (χ1) is 12.2. The molecule has 0 saturated carbocycles. The molecule has 0 aromatic heterocycles. The van der Waals surface area contributed by atoms with Crippen molar-refractivity contribution in [2.75, 3.05) is 57.8 Å². The fraction of sp³-hybridized carbons (Fsp3) is 0.632. The summed E-state index contributed by atoms with van der Waals surface area (Å²) in [5, 5.41) is 13.3. The molecule has 1 aromatic carbocycles. The van der Waals surface area contributed by atoms with Crippen LogP contribution in [0, 0.1) is 5.92 Å². The Balaban J connectivity index is 1.37. The molecule has 2 saturated heterocycles. The van der Waals surface area contributed by atoms with E-state index in [9.17, 15) is 9.90 Å². The number of para-hydroxylation sites is 1. The van der Waals surface area contributed by atoms with E-state index in [0.29, 0.717) is 13.1 Å². The largest absolute Gasteiger partial charge is 0.390 e. The van der Waals surface area contributed by atoms with Crippen molar-refractivity contribution in [3.63, 3.8) is 0 Å². The van der Waals surface area contributed by atoms with Crippen LogP contribution in [0.15, 0.2) is 30.3 Å². The molecule has 1 aromatic rings. The SMILES string of the molecule is O=C(Nc1ccccc1)C1CCN(C[C@@H](O)CN2CCOCC2)CC1. The van der Waals surface area contributed by atoms with E-state index in [1.54, 1.807) is 0 Å². The summed E-state index contributed by atoms with van der Waals surface area (Å²) >= 11 is 0. The summed E-state index contributed by atoms with van der Waals surface area (Å²) in [5.41, 5.74) is 0.857. The van der Waals surface area contributed by atoms with Crippen LogP contribution in [0.5, 0.6) is 0 Å². The lowest BCUT2D eigenvalue weighted by Crippen LogP contribution is -2.46. The quantitative estimate of drug-likeness (QED) is 0.805. The van der Waals surface area contributed by atoms with E-state index < -0.39 is 0 Å². The standard InChI is InChI=1S/C19H29N3O3/c23-18(15-22-10-12-25-13-11-22)14-21-8-6-16(7-9-21)19(24)20-17-4-2-1-3-5-17/h1-5,16,18,23H,6-15H2,(H,20,24)/t18-/m1/s1. The highest BCUT2D eigenvalue weighted by Gasteiger charge is 2.26. The Bertz CT molecular complexity index is 526. The Hall–Kier alpha value is -1.47. The maximum atomic E-state index is 12.4. The number of nitrogens with zero attached hydrogens (tertiary/aromatic N) is 2. The summed E-state index contributed by atoms with van der Waals surface area (Å²) in [4.78, 5) is 16.9. The molecule has 25 heavy (non-hydrogen) atoms. The fourth-order valence-corrected chi connectivity index (χ4v) is 3.58. The lowest BCUT2D eigenvalue weighted by molar-refractivity contribution is -0.121. The number of aliphatic hydroxyl groups excluding tert-OH is 1. The van der Waals surface area contributed by atoms with Gasteiger partial charge in [0.05, 0.1) is 19.3 Å². The van der Waals surface area contributed by atoms with E-state index in [2.05, 4.69) is 15.1 Å². The van der Waals surface area contributed by atoms with Gasteiger partial charge in [0.1, 0.15) is 0 Å². The van der Waals surface area contributed by atoms with E-state index in [4.69, 9.17) is 4.74 Å². The number of carbonyl (C=O) groups excluding carboxylic acids is 1. The first-order valence-electron chi connectivity index (χ1n) is 9.27. The second kappa shape index (κ2) is 9.29. The summed E-state index contributed by atoms with van der Waals surface area (Å²) in [5.74, 6) is 0.174. The highest BCUT2D eigenvalue weighted by atomic mass is 16.5. The fourth-order valence-electron chi connectivity index (χ4n) is 3.58. The van der Waals surface area contributed by atoms with Gasteiger partial charge in [0, 0.05) is 37.8 Å². The lowest BCUT2D eigenvalue weighted by atomic mass is 9.95. The lowest BCUT2D eigenvalue weighted by Gasteiger charge is -2.34. The first-order valence-corrected chi connectivity index (χ1v) is 9.27. The molecular weight excluding hydrogens is 318 g/mol. The highest BCUT2D eigenvalue weighted by Crippen LogP contribution is 2.19. The highest BCUT2D eigenvalue weighted by molar-refractivity contribution is 5.92. The summed E-state index contributed by atoms with van der Waals surface area (Å²) in [6.07, 6.45) is 1.36. The molecule has 2 aliphatic rings. The number of morpholine rings is 1. The molecule has 0 unspecified atom stereocenters. The number of rotatable bonds is 6. The van der Waals surface area contributed by atoms with Gasteiger partial charge in [-0.3, -0.25) is 9.69 Å². The van der Waals surface area contributed by atoms with E-state index in [-0.39, 0.29) is 17.9 Å². The van der Waals surface area contributed by atoms with Gasteiger partial charge in [-0.25, -0.2) is 0 Å². The van der Waals surface area contributed by atoms with Crippen molar-refractivity contribution in [3.8, 4) is 0 Å². The van der Waals surface area contributed by atoms with Crippen molar-refractivity contribution < 1.29 is 14.6 Å². The molecule has 0 radical (unpaired) electrons. The number of piperidine rings is 1. The average Bonchev–Trinajstić information content (AvgIpc) is 2.64. The van der Waals surface area contributed by atoms with Gasteiger partial charge < -0.3 is 20.1 Å². The minimum absolute atomic E-state index is 0.0628. The van der Waals surface area contributed by atoms with E-state index in [1.807, 2.05) is 30.3 Å². The number of hydrogen-bond acceptors (Lipinski definition) is 5. The van der Waals surface area contributed by atoms with Crippen LogP contribution in [0.4, 0.5) is 5.69 Å². The molecular formula is C19H29N3O3. The summed E-state index contributed by atoms with van der Waals surface area (Å²) < 4.78 is 5.34. The summed E-state index contributed by atoms with van der Waals surface area (Å²) in [6.45, 7) is 6.45.